The van der Waals surface area contributed by atoms with Crippen LogP contribution in [0.15, 0.2) is 0 Å². The van der Waals surface area contributed by atoms with Gasteiger partial charge in [-0.2, -0.15) is 0 Å². The Kier molecular flexibility index (Phi) is 4.05. The van der Waals surface area contributed by atoms with E-state index < -0.39 is 0 Å². The minimum absolute atomic E-state index is 0.131. The molecule has 4 nitrogen and oxygen atoms in total. The van der Waals surface area contributed by atoms with Crippen molar-refractivity contribution in [2.45, 2.75) is 51.0 Å². The number of aliphatic hydroxyl groups is 1. The third kappa shape index (κ3) is 2.80. The van der Waals surface area contributed by atoms with Crippen molar-refractivity contribution < 1.29 is 9.90 Å². The van der Waals surface area contributed by atoms with Crippen LogP contribution in [-0.4, -0.2) is 30.2 Å². The van der Waals surface area contributed by atoms with Crippen LogP contribution in [0.5, 0.6) is 0 Å². The fourth-order valence-corrected chi connectivity index (χ4v) is 3.00. The van der Waals surface area contributed by atoms with Gasteiger partial charge < -0.3 is 16.2 Å². The first-order valence-electron chi connectivity index (χ1n) is 6.83. The molecule has 0 aromatic rings. The van der Waals surface area contributed by atoms with Gasteiger partial charge in [-0.05, 0) is 38.0 Å². The first-order chi connectivity index (χ1) is 8.16. The fraction of sp³-hybridized carbons (Fsp3) is 0.923. The molecule has 0 radical (unpaired) electrons. The normalized spacial score (nSPS) is 31.6. The maximum absolute atomic E-state index is 12.0. The lowest BCUT2D eigenvalue weighted by Gasteiger charge is -2.39. The van der Waals surface area contributed by atoms with Crippen LogP contribution >= 0.6 is 0 Å². The van der Waals surface area contributed by atoms with Crippen molar-refractivity contribution in [3.8, 4) is 0 Å². The van der Waals surface area contributed by atoms with E-state index in [2.05, 4.69) is 5.32 Å². The van der Waals surface area contributed by atoms with Crippen molar-refractivity contribution in [3.63, 3.8) is 0 Å². The smallest absolute Gasteiger partial charge is 0.227 e. The second-order valence-corrected chi connectivity index (χ2v) is 5.73. The SMILES string of the molecule is NCC1(C(=O)NCC2CCCC(O)C2)CCC1. The molecule has 4 heteroatoms. The third-order valence-electron chi connectivity index (χ3n) is 4.49. The zero-order chi connectivity index (χ0) is 12.3. The fourth-order valence-electron chi connectivity index (χ4n) is 3.00. The highest BCUT2D eigenvalue weighted by Crippen LogP contribution is 2.40. The van der Waals surface area contributed by atoms with Crippen LogP contribution in [0.1, 0.15) is 44.9 Å². The summed E-state index contributed by atoms with van der Waals surface area (Å²) in [5, 5.41) is 12.6. The zero-order valence-corrected chi connectivity index (χ0v) is 10.5. The molecule has 2 aliphatic rings. The number of nitrogens with two attached hydrogens (primary N) is 1. The maximum Gasteiger partial charge on any atom is 0.227 e. The number of hydrogen-bond donors (Lipinski definition) is 3. The molecule has 2 aliphatic carbocycles. The van der Waals surface area contributed by atoms with Gasteiger partial charge in [0.25, 0.3) is 0 Å². The summed E-state index contributed by atoms with van der Waals surface area (Å²) in [6.45, 7) is 1.17. The Bertz CT molecular complexity index is 271. The Morgan fingerprint density at radius 1 is 1.35 bits per heavy atom. The van der Waals surface area contributed by atoms with Crippen LogP contribution in [-0.2, 0) is 4.79 Å². The van der Waals surface area contributed by atoms with E-state index in [1.165, 1.54) is 0 Å². The van der Waals surface area contributed by atoms with Gasteiger partial charge in [-0.3, -0.25) is 4.79 Å². The van der Waals surface area contributed by atoms with E-state index in [1.807, 2.05) is 0 Å². The molecule has 98 valence electrons. The number of aliphatic hydroxyl groups excluding tert-OH is 1. The molecule has 0 heterocycles. The van der Waals surface area contributed by atoms with Gasteiger partial charge in [0.1, 0.15) is 0 Å². The molecule has 2 fully saturated rings. The minimum Gasteiger partial charge on any atom is -0.393 e. The third-order valence-corrected chi connectivity index (χ3v) is 4.49. The molecule has 17 heavy (non-hydrogen) atoms. The molecule has 1 amide bonds. The number of nitrogens with one attached hydrogen (secondary N) is 1. The number of hydrogen-bond acceptors (Lipinski definition) is 3. The van der Waals surface area contributed by atoms with Crippen molar-refractivity contribution in [1.82, 2.24) is 5.32 Å². The summed E-state index contributed by atoms with van der Waals surface area (Å²) in [4.78, 5) is 12.0. The highest BCUT2D eigenvalue weighted by Gasteiger charge is 2.42. The average molecular weight is 240 g/mol. The molecule has 2 unspecified atom stereocenters. The summed E-state index contributed by atoms with van der Waals surface area (Å²) in [7, 11) is 0. The van der Waals surface area contributed by atoms with Crippen molar-refractivity contribution in [3.05, 3.63) is 0 Å². The van der Waals surface area contributed by atoms with E-state index in [0.29, 0.717) is 19.0 Å². The lowest BCUT2D eigenvalue weighted by molar-refractivity contribution is -0.135. The van der Waals surface area contributed by atoms with Crippen LogP contribution in [0.25, 0.3) is 0 Å². The standard InChI is InChI=1S/C13H24N2O2/c14-9-13(5-2-6-13)12(17)15-8-10-3-1-4-11(16)7-10/h10-11,16H,1-9,14H2,(H,15,17). The number of carbonyl (C=O) groups is 1. The Morgan fingerprint density at radius 2 is 2.12 bits per heavy atom. The van der Waals surface area contributed by atoms with Gasteiger partial charge in [-0.1, -0.05) is 12.8 Å². The lowest BCUT2D eigenvalue weighted by Crippen LogP contribution is -2.51. The van der Waals surface area contributed by atoms with Gasteiger partial charge in [0.2, 0.25) is 5.91 Å². The van der Waals surface area contributed by atoms with E-state index in [0.717, 1.165) is 44.9 Å². The van der Waals surface area contributed by atoms with Crippen molar-refractivity contribution in [2.24, 2.45) is 17.1 Å². The van der Waals surface area contributed by atoms with Crippen molar-refractivity contribution in [1.29, 1.82) is 0 Å². The van der Waals surface area contributed by atoms with E-state index in [-0.39, 0.29) is 17.4 Å². The van der Waals surface area contributed by atoms with Gasteiger partial charge in [-0.25, -0.2) is 0 Å². The van der Waals surface area contributed by atoms with Gasteiger partial charge in [0.15, 0.2) is 0 Å². The number of carbonyl (C=O) groups excluding carboxylic acids is 1. The molecule has 0 aromatic carbocycles. The maximum atomic E-state index is 12.0. The summed E-state index contributed by atoms with van der Waals surface area (Å²) in [6, 6.07) is 0. The summed E-state index contributed by atoms with van der Waals surface area (Å²) < 4.78 is 0. The van der Waals surface area contributed by atoms with Crippen molar-refractivity contribution >= 4 is 5.91 Å². The summed E-state index contributed by atoms with van der Waals surface area (Å²) >= 11 is 0. The second-order valence-electron chi connectivity index (χ2n) is 5.73. The molecule has 0 saturated heterocycles. The molecule has 4 N–H and O–H groups in total. The van der Waals surface area contributed by atoms with Crippen molar-refractivity contribution in [2.75, 3.05) is 13.1 Å². The Hall–Kier alpha value is -0.610. The van der Waals surface area contributed by atoms with Gasteiger partial charge in [0.05, 0.1) is 11.5 Å². The molecule has 2 atom stereocenters. The van der Waals surface area contributed by atoms with E-state index in [9.17, 15) is 9.90 Å². The van der Waals surface area contributed by atoms with Gasteiger partial charge >= 0.3 is 0 Å². The van der Waals surface area contributed by atoms with Crippen LogP contribution in [0.2, 0.25) is 0 Å². The van der Waals surface area contributed by atoms with Crippen LogP contribution in [0.3, 0.4) is 0 Å². The highest BCUT2D eigenvalue weighted by molar-refractivity contribution is 5.83. The monoisotopic (exact) mass is 240 g/mol. The Morgan fingerprint density at radius 3 is 2.65 bits per heavy atom. The molecule has 2 rings (SSSR count). The predicted octanol–water partition coefficient (Wildman–Crippen LogP) is 0.783. The van der Waals surface area contributed by atoms with E-state index >= 15 is 0 Å². The lowest BCUT2D eigenvalue weighted by atomic mass is 9.68. The first kappa shape index (κ1) is 12.8. The second kappa shape index (κ2) is 5.36. The zero-order valence-electron chi connectivity index (χ0n) is 10.5. The average Bonchev–Trinajstić information content (AvgIpc) is 2.26. The number of rotatable bonds is 4. The molecular formula is C13H24N2O2. The van der Waals surface area contributed by atoms with Gasteiger partial charge in [-0.15, -0.1) is 0 Å². The molecular weight excluding hydrogens is 216 g/mol. The molecule has 0 aromatic heterocycles. The molecule has 0 aliphatic heterocycles. The minimum atomic E-state index is -0.271. The molecule has 0 spiro atoms. The topological polar surface area (TPSA) is 75.4 Å². The highest BCUT2D eigenvalue weighted by atomic mass is 16.3. The predicted molar refractivity (Wildman–Crippen MR) is 66.3 cm³/mol. The van der Waals surface area contributed by atoms with Crippen LogP contribution in [0, 0.1) is 11.3 Å². The summed E-state index contributed by atoms with van der Waals surface area (Å²) in [5.41, 5.74) is 5.43. The van der Waals surface area contributed by atoms with E-state index in [1.54, 1.807) is 0 Å². The molecule has 2 saturated carbocycles. The van der Waals surface area contributed by atoms with Crippen LogP contribution in [0.4, 0.5) is 0 Å². The summed E-state index contributed by atoms with van der Waals surface area (Å²) in [6.07, 6.45) is 6.75. The molecule has 0 bridgehead atoms. The number of amides is 1. The van der Waals surface area contributed by atoms with E-state index in [4.69, 9.17) is 5.73 Å². The first-order valence-corrected chi connectivity index (χ1v) is 6.83. The summed E-state index contributed by atoms with van der Waals surface area (Å²) in [5.74, 6) is 0.573. The Labute approximate surface area is 103 Å². The van der Waals surface area contributed by atoms with Gasteiger partial charge in [0, 0.05) is 13.1 Å². The Balaban J connectivity index is 1.75. The largest absolute Gasteiger partial charge is 0.393 e. The quantitative estimate of drug-likeness (QED) is 0.680. The van der Waals surface area contributed by atoms with Crippen LogP contribution < -0.4 is 11.1 Å².